The molecule has 0 spiro atoms. The summed E-state index contributed by atoms with van der Waals surface area (Å²) < 4.78 is 13.8. The molecule has 2 aliphatic heterocycles. The van der Waals surface area contributed by atoms with E-state index in [-0.39, 0.29) is 29.8 Å². The second kappa shape index (κ2) is 12.9. The van der Waals surface area contributed by atoms with Gasteiger partial charge in [-0.05, 0) is 63.4 Å². The zero-order valence-corrected chi connectivity index (χ0v) is 20.0. The van der Waals surface area contributed by atoms with Crippen molar-refractivity contribution in [1.82, 2.24) is 15.5 Å². The lowest BCUT2D eigenvalue weighted by atomic mass is 9.96. The van der Waals surface area contributed by atoms with Crippen molar-refractivity contribution in [3.05, 3.63) is 35.6 Å². The zero-order valence-electron chi connectivity index (χ0n) is 16.8. The van der Waals surface area contributed by atoms with Crippen LogP contribution >= 0.6 is 35.7 Å². The Labute approximate surface area is 190 Å². The van der Waals surface area contributed by atoms with Gasteiger partial charge in [0.25, 0.3) is 0 Å². The molecule has 0 amide bonds. The zero-order chi connectivity index (χ0) is 18.9. The average molecular weight is 521 g/mol. The maximum Gasteiger partial charge on any atom is 0.191 e. The van der Waals surface area contributed by atoms with Gasteiger partial charge in [0, 0.05) is 37.0 Å². The summed E-state index contributed by atoms with van der Waals surface area (Å²) in [6.07, 6.45) is 4.93. The number of nitrogens with zero attached hydrogens (tertiary/aromatic N) is 2. The van der Waals surface area contributed by atoms with Crippen molar-refractivity contribution in [2.24, 2.45) is 10.9 Å². The Kier molecular flexibility index (Phi) is 10.9. The Morgan fingerprint density at radius 1 is 1.21 bits per heavy atom. The molecule has 0 saturated carbocycles. The van der Waals surface area contributed by atoms with E-state index >= 15 is 0 Å². The minimum atomic E-state index is -0.0917. The summed E-state index contributed by atoms with van der Waals surface area (Å²) in [6.45, 7) is 7.66. The van der Waals surface area contributed by atoms with Gasteiger partial charge in [0.15, 0.2) is 5.96 Å². The summed E-state index contributed by atoms with van der Waals surface area (Å²) >= 11 is 2.07. The van der Waals surface area contributed by atoms with Gasteiger partial charge in [-0.25, -0.2) is 4.39 Å². The summed E-state index contributed by atoms with van der Waals surface area (Å²) in [5.41, 5.74) is 0.803. The van der Waals surface area contributed by atoms with Gasteiger partial charge in [0.1, 0.15) is 5.82 Å². The van der Waals surface area contributed by atoms with Gasteiger partial charge in [-0.3, -0.25) is 9.89 Å². The van der Waals surface area contributed by atoms with Crippen LogP contribution in [0.25, 0.3) is 0 Å². The van der Waals surface area contributed by atoms with E-state index in [0.29, 0.717) is 12.5 Å². The summed E-state index contributed by atoms with van der Waals surface area (Å²) in [7, 11) is 0. The third kappa shape index (κ3) is 7.71. The Morgan fingerprint density at radius 2 is 2.00 bits per heavy atom. The number of piperidine rings is 1. The van der Waals surface area contributed by atoms with Gasteiger partial charge < -0.3 is 10.6 Å². The molecule has 2 aliphatic rings. The van der Waals surface area contributed by atoms with Gasteiger partial charge in [-0.1, -0.05) is 18.2 Å². The van der Waals surface area contributed by atoms with Gasteiger partial charge in [-0.2, -0.15) is 11.8 Å². The standard InChI is InChI=1S/C21H33FN4S.HI/c1-2-23-21(25-15-19-7-5-13-27-19)24-14-17-9-11-26(12-10-17)16-18-6-3-4-8-20(18)22;/h3-4,6,8,17,19H,2,5,7,9-16H2,1H3,(H2,23,24,25);1H. The first-order valence-corrected chi connectivity index (χ1v) is 11.4. The Morgan fingerprint density at radius 3 is 2.68 bits per heavy atom. The van der Waals surface area contributed by atoms with Crippen LogP contribution in [0.15, 0.2) is 29.3 Å². The van der Waals surface area contributed by atoms with Crippen LogP contribution < -0.4 is 10.6 Å². The van der Waals surface area contributed by atoms with Crippen molar-refractivity contribution in [2.45, 2.75) is 44.4 Å². The largest absolute Gasteiger partial charge is 0.357 e. The van der Waals surface area contributed by atoms with E-state index in [2.05, 4.69) is 34.2 Å². The van der Waals surface area contributed by atoms with Crippen molar-refractivity contribution in [3.63, 3.8) is 0 Å². The van der Waals surface area contributed by atoms with Crippen LogP contribution in [0.1, 0.15) is 38.2 Å². The van der Waals surface area contributed by atoms with Crippen molar-refractivity contribution < 1.29 is 4.39 Å². The summed E-state index contributed by atoms with van der Waals surface area (Å²) in [6, 6.07) is 7.11. The Bertz CT molecular complexity index is 602. The van der Waals surface area contributed by atoms with Crippen molar-refractivity contribution in [1.29, 1.82) is 0 Å². The highest BCUT2D eigenvalue weighted by Gasteiger charge is 2.20. The number of guanidine groups is 1. The topological polar surface area (TPSA) is 39.7 Å². The van der Waals surface area contributed by atoms with Crippen molar-refractivity contribution in [3.8, 4) is 0 Å². The number of rotatable bonds is 7. The molecule has 0 aliphatic carbocycles. The fraction of sp³-hybridized carbons (Fsp3) is 0.667. The predicted molar refractivity (Wildman–Crippen MR) is 129 cm³/mol. The molecule has 2 saturated heterocycles. The molecule has 7 heteroatoms. The van der Waals surface area contributed by atoms with Crippen LogP contribution in [-0.4, -0.2) is 54.6 Å². The normalized spacial score (nSPS) is 21.4. The van der Waals surface area contributed by atoms with Crippen LogP contribution in [0.5, 0.6) is 0 Å². The van der Waals surface area contributed by atoms with Crippen molar-refractivity contribution >= 4 is 41.7 Å². The van der Waals surface area contributed by atoms with Gasteiger partial charge >= 0.3 is 0 Å². The maximum absolute atomic E-state index is 13.8. The SMILES string of the molecule is CCNC(=NCC1CCN(Cc2ccccc2F)CC1)NCC1CCCS1.I. The van der Waals surface area contributed by atoms with Gasteiger partial charge in [-0.15, -0.1) is 24.0 Å². The Hall–Kier alpha value is -0.540. The second-order valence-electron chi connectivity index (χ2n) is 7.55. The third-order valence-electron chi connectivity index (χ3n) is 5.43. The smallest absolute Gasteiger partial charge is 0.191 e. The minimum absolute atomic E-state index is 0. The van der Waals surface area contributed by atoms with E-state index in [1.807, 2.05) is 12.1 Å². The van der Waals surface area contributed by atoms with Crippen LogP contribution in [-0.2, 0) is 6.54 Å². The van der Waals surface area contributed by atoms with Crippen LogP contribution in [0.2, 0.25) is 0 Å². The molecular weight excluding hydrogens is 486 g/mol. The van der Waals surface area contributed by atoms with Crippen LogP contribution in [0.3, 0.4) is 0 Å². The first-order chi connectivity index (χ1) is 13.2. The molecule has 4 nitrogen and oxygen atoms in total. The number of hydrogen-bond acceptors (Lipinski definition) is 3. The first kappa shape index (κ1) is 23.7. The second-order valence-corrected chi connectivity index (χ2v) is 8.95. The quantitative estimate of drug-likeness (QED) is 0.323. The molecule has 1 atom stereocenters. The number of nitrogens with one attached hydrogen (secondary N) is 2. The first-order valence-electron chi connectivity index (χ1n) is 10.3. The summed E-state index contributed by atoms with van der Waals surface area (Å²) in [5, 5.41) is 7.62. The van der Waals surface area contributed by atoms with E-state index in [0.717, 1.165) is 62.3 Å². The fourth-order valence-corrected chi connectivity index (χ4v) is 4.97. The number of aliphatic imine (C=N–C) groups is 1. The molecule has 2 heterocycles. The van der Waals surface area contributed by atoms with Gasteiger partial charge in [0.2, 0.25) is 0 Å². The monoisotopic (exact) mass is 520 g/mol. The number of thioether (sulfide) groups is 1. The highest BCUT2D eigenvalue weighted by molar-refractivity contribution is 14.0. The van der Waals surface area contributed by atoms with E-state index < -0.39 is 0 Å². The minimum Gasteiger partial charge on any atom is -0.357 e. The third-order valence-corrected chi connectivity index (χ3v) is 6.83. The molecular formula is C21H34FIN4S. The summed E-state index contributed by atoms with van der Waals surface area (Å²) in [5.74, 6) is 2.79. The molecule has 0 radical (unpaired) electrons. The number of halogens is 2. The lowest BCUT2D eigenvalue weighted by Crippen LogP contribution is -2.41. The molecule has 1 unspecified atom stereocenters. The van der Waals surface area contributed by atoms with E-state index in [4.69, 9.17) is 4.99 Å². The molecule has 158 valence electrons. The predicted octanol–water partition coefficient (Wildman–Crippen LogP) is 4.11. The van der Waals surface area contributed by atoms with Crippen LogP contribution in [0, 0.1) is 11.7 Å². The lowest BCUT2D eigenvalue weighted by Gasteiger charge is -2.31. The summed E-state index contributed by atoms with van der Waals surface area (Å²) in [4.78, 5) is 7.19. The molecule has 1 aromatic carbocycles. The van der Waals surface area contributed by atoms with E-state index in [1.165, 1.54) is 18.6 Å². The molecule has 3 rings (SSSR count). The maximum atomic E-state index is 13.8. The molecule has 2 fully saturated rings. The number of likely N-dealkylation sites (tertiary alicyclic amines) is 1. The highest BCUT2D eigenvalue weighted by atomic mass is 127. The highest BCUT2D eigenvalue weighted by Crippen LogP contribution is 2.25. The molecule has 0 aromatic heterocycles. The molecule has 1 aromatic rings. The lowest BCUT2D eigenvalue weighted by molar-refractivity contribution is 0.179. The van der Waals surface area contributed by atoms with Crippen molar-refractivity contribution in [2.75, 3.05) is 38.5 Å². The van der Waals surface area contributed by atoms with E-state index in [1.54, 1.807) is 12.1 Å². The molecule has 0 bridgehead atoms. The Balaban J connectivity index is 0.00000280. The number of hydrogen-bond donors (Lipinski definition) is 2. The van der Waals surface area contributed by atoms with E-state index in [9.17, 15) is 4.39 Å². The molecule has 2 N–H and O–H groups in total. The fourth-order valence-electron chi connectivity index (χ4n) is 3.77. The number of benzene rings is 1. The average Bonchev–Trinajstić information content (AvgIpc) is 3.21. The van der Waals surface area contributed by atoms with Crippen LogP contribution in [0.4, 0.5) is 4.39 Å². The molecule has 28 heavy (non-hydrogen) atoms. The van der Waals surface area contributed by atoms with Gasteiger partial charge in [0.05, 0.1) is 0 Å².